The second-order valence-electron chi connectivity index (χ2n) is 4.97. The first kappa shape index (κ1) is 10.5. The quantitative estimate of drug-likeness (QED) is 0.791. The van der Waals surface area contributed by atoms with Gasteiger partial charge in [0.1, 0.15) is 5.82 Å². The predicted molar refractivity (Wildman–Crippen MR) is 63.3 cm³/mol. The molecular weight excluding hydrogens is 225 g/mol. The molecule has 16 heavy (non-hydrogen) atoms. The second-order valence-corrected chi connectivity index (χ2v) is 5.41. The first-order chi connectivity index (χ1) is 7.72. The summed E-state index contributed by atoms with van der Waals surface area (Å²) in [5, 5.41) is 4.06. The Kier molecular flexibility index (Phi) is 2.64. The monoisotopic (exact) mass is 239 g/mol. The number of fused-ring (bicyclic) bond motifs is 2. The Labute approximate surface area is 100.0 Å². The molecule has 3 atom stereocenters. The summed E-state index contributed by atoms with van der Waals surface area (Å²) >= 11 is 5.77. The molecule has 0 radical (unpaired) electrons. The summed E-state index contributed by atoms with van der Waals surface area (Å²) in [6, 6.07) is 6.27. The highest BCUT2D eigenvalue weighted by molar-refractivity contribution is 6.30. The fraction of sp³-hybridized carbons (Fsp3) is 0.538. The van der Waals surface area contributed by atoms with E-state index in [1.54, 1.807) is 6.07 Å². The number of halogens is 2. The summed E-state index contributed by atoms with van der Waals surface area (Å²) in [6.07, 6.45) is 4.62. The van der Waals surface area contributed by atoms with E-state index in [4.69, 9.17) is 11.6 Å². The van der Waals surface area contributed by atoms with Crippen molar-refractivity contribution in [1.29, 1.82) is 0 Å². The molecule has 2 bridgehead atoms. The van der Waals surface area contributed by atoms with E-state index in [2.05, 4.69) is 5.32 Å². The fourth-order valence-electron chi connectivity index (χ4n) is 3.14. The molecule has 0 amide bonds. The molecule has 86 valence electrons. The molecule has 1 aromatic rings. The standard InChI is InChI=1S/C13H15ClFN/c14-9-1-4-12(13(15)7-9)8-5-10-2-3-11(6-8)16-10/h1,4,7-8,10-11,16H,2-3,5-6H2/t8?,10-,11+. The van der Waals surface area contributed by atoms with Gasteiger partial charge in [-0.15, -0.1) is 0 Å². The molecule has 0 spiro atoms. The summed E-state index contributed by atoms with van der Waals surface area (Å²) in [5.74, 6) is 0.231. The molecule has 3 heteroatoms. The first-order valence-corrected chi connectivity index (χ1v) is 6.31. The summed E-state index contributed by atoms with van der Waals surface area (Å²) in [7, 11) is 0. The zero-order valence-corrected chi connectivity index (χ0v) is 9.80. The molecule has 2 heterocycles. The number of nitrogens with one attached hydrogen (secondary N) is 1. The minimum absolute atomic E-state index is 0.140. The van der Waals surface area contributed by atoms with Crippen LogP contribution in [0.15, 0.2) is 18.2 Å². The van der Waals surface area contributed by atoms with Crippen LogP contribution < -0.4 is 5.32 Å². The van der Waals surface area contributed by atoms with Gasteiger partial charge in [0.15, 0.2) is 0 Å². The first-order valence-electron chi connectivity index (χ1n) is 5.93. The Bertz CT molecular complexity index is 395. The average Bonchev–Trinajstić information content (AvgIpc) is 2.58. The number of benzene rings is 1. The summed E-state index contributed by atoms with van der Waals surface area (Å²) in [5.41, 5.74) is 0.850. The van der Waals surface area contributed by atoms with Crippen LogP contribution in [0.4, 0.5) is 4.39 Å². The van der Waals surface area contributed by atoms with E-state index in [1.807, 2.05) is 6.07 Å². The Morgan fingerprint density at radius 2 is 1.88 bits per heavy atom. The number of hydrogen-bond acceptors (Lipinski definition) is 1. The summed E-state index contributed by atoms with van der Waals surface area (Å²) in [6.45, 7) is 0. The van der Waals surface area contributed by atoms with Crippen LogP contribution in [0.5, 0.6) is 0 Å². The fourth-order valence-corrected chi connectivity index (χ4v) is 3.30. The predicted octanol–water partition coefficient (Wildman–Crippen LogP) is 3.48. The lowest BCUT2D eigenvalue weighted by atomic mass is 9.86. The largest absolute Gasteiger partial charge is 0.311 e. The van der Waals surface area contributed by atoms with Gasteiger partial charge in [0.25, 0.3) is 0 Å². The lowest BCUT2D eigenvalue weighted by Gasteiger charge is -2.29. The molecule has 1 unspecified atom stereocenters. The lowest BCUT2D eigenvalue weighted by Crippen LogP contribution is -2.37. The van der Waals surface area contributed by atoms with Crippen molar-refractivity contribution in [2.24, 2.45) is 0 Å². The third kappa shape index (κ3) is 1.85. The van der Waals surface area contributed by atoms with Gasteiger partial charge in [-0.25, -0.2) is 4.39 Å². The summed E-state index contributed by atoms with van der Waals surface area (Å²) < 4.78 is 13.8. The molecule has 1 aromatic carbocycles. The smallest absolute Gasteiger partial charge is 0.128 e. The van der Waals surface area contributed by atoms with E-state index in [1.165, 1.54) is 18.9 Å². The van der Waals surface area contributed by atoms with E-state index in [0.29, 0.717) is 23.0 Å². The van der Waals surface area contributed by atoms with E-state index in [-0.39, 0.29) is 5.82 Å². The van der Waals surface area contributed by atoms with Crippen LogP contribution in [-0.4, -0.2) is 12.1 Å². The second kappa shape index (κ2) is 4.01. The molecule has 0 aromatic heterocycles. The Morgan fingerprint density at radius 3 is 2.50 bits per heavy atom. The zero-order valence-electron chi connectivity index (χ0n) is 9.05. The van der Waals surface area contributed by atoms with Gasteiger partial charge in [0.05, 0.1) is 0 Å². The maximum Gasteiger partial charge on any atom is 0.128 e. The third-order valence-electron chi connectivity index (χ3n) is 3.88. The average molecular weight is 240 g/mol. The van der Waals surface area contributed by atoms with Gasteiger partial charge in [0.2, 0.25) is 0 Å². The Morgan fingerprint density at radius 1 is 1.19 bits per heavy atom. The molecule has 2 saturated heterocycles. The Balaban J connectivity index is 1.87. The minimum Gasteiger partial charge on any atom is -0.311 e. The van der Waals surface area contributed by atoms with Gasteiger partial charge in [-0.3, -0.25) is 0 Å². The molecule has 3 rings (SSSR count). The Hall–Kier alpha value is -0.600. The highest BCUT2D eigenvalue weighted by Crippen LogP contribution is 2.38. The molecule has 2 fully saturated rings. The van der Waals surface area contributed by atoms with E-state index in [9.17, 15) is 4.39 Å². The van der Waals surface area contributed by atoms with Crippen LogP contribution in [0, 0.1) is 5.82 Å². The van der Waals surface area contributed by atoms with E-state index < -0.39 is 0 Å². The zero-order chi connectivity index (χ0) is 11.1. The topological polar surface area (TPSA) is 12.0 Å². The molecule has 2 aliphatic heterocycles. The van der Waals surface area contributed by atoms with Crippen molar-refractivity contribution in [3.8, 4) is 0 Å². The van der Waals surface area contributed by atoms with E-state index in [0.717, 1.165) is 18.4 Å². The van der Waals surface area contributed by atoms with Crippen LogP contribution in [0.1, 0.15) is 37.2 Å². The van der Waals surface area contributed by atoms with Gasteiger partial charge < -0.3 is 5.32 Å². The highest BCUT2D eigenvalue weighted by atomic mass is 35.5. The van der Waals surface area contributed by atoms with Crippen molar-refractivity contribution < 1.29 is 4.39 Å². The van der Waals surface area contributed by atoms with E-state index >= 15 is 0 Å². The van der Waals surface area contributed by atoms with Crippen molar-refractivity contribution in [1.82, 2.24) is 5.32 Å². The number of piperidine rings is 1. The maximum atomic E-state index is 13.8. The van der Waals surface area contributed by atoms with Crippen LogP contribution >= 0.6 is 11.6 Å². The molecule has 2 aliphatic rings. The van der Waals surface area contributed by atoms with Crippen LogP contribution in [0.3, 0.4) is 0 Å². The lowest BCUT2D eigenvalue weighted by molar-refractivity contribution is 0.356. The summed E-state index contributed by atoms with van der Waals surface area (Å²) in [4.78, 5) is 0. The van der Waals surface area contributed by atoms with Gasteiger partial charge in [-0.2, -0.15) is 0 Å². The van der Waals surface area contributed by atoms with Crippen LogP contribution in [0.2, 0.25) is 5.02 Å². The third-order valence-corrected chi connectivity index (χ3v) is 4.11. The maximum absolute atomic E-state index is 13.8. The van der Waals surface area contributed by atoms with Gasteiger partial charge >= 0.3 is 0 Å². The van der Waals surface area contributed by atoms with Gasteiger partial charge in [-0.1, -0.05) is 17.7 Å². The highest BCUT2D eigenvalue weighted by Gasteiger charge is 2.34. The van der Waals surface area contributed by atoms with Crippen LogP contribution in [-0.2, 0) is 0 Å². The van der Waals surface area contributed by atoms with Crippen molar-refractivity contribution >= 4 is 11.6 Å². The molecule has 0 aliphatic carbocycles. The van der Waals surface area contributed by atoms with Gasteiger partial charge in [-0.05, 0) is 49.3 Å². The van der Waals surface area contributed by atoms with Crippen molar-refractivity contribution in [3.63, 3.8) is 0 Å². The van der Waals surface area contributed by atoms with Crippen molar-refractivity contribution in [2.45, 2.75) is 43.7 Å². The molecule has 1 nitrogen and oxygen atoms in total. The molecule has 0 saturated carbocycles. The molecule has 1 N–H and O–H groups in total. The van der Waals surface area contributed by atoms with Gasteiger partial charge in [0, 0.05) is 17.1 Å². The van der Waals surface area contributed by atoms with Crippen molar-refractivity contribution in [3.05, 3.63) is 34.6 Å². The number of rotatable bonds is 1. The normalized spacial score (nSPS) is 33.0. The van der Waals surface area contributed by atoms with Crippen LogP contribution in [0.25, 0.3) is 0 Å². The molecular formula is C13H15ClFN. The SMILES string of the molecule is Fc1cc(Cl)ccc1C1C[C@H]2CC[C@@H](C1)N2. The van der Waals surface area contributed by atoms with Crippen molar-refractivity contribution in [2.75, 3.05) is 0 Å². The number of hydrogen-bond donors (Lipinski definition) is 1. The minimum atomic E-state index is -0.140.